The van der Waals surface area contributed by atoms with Crippen molar-refractivity contribution < 1.29 is 28.6 Å². The van der Waals surface area contributed by atoms with Gasteiger partial charge in [0.15, 0.2) is 6.10 Å². The van der Waals surface area contributed by atoms with Gasteiger partial charge in [0.25, 0.3) is 0 Å². The largest absolute Gasteiger partial charge is 0.462 e. The fourth-order valence-corrected chi connectivity index (χ4v) is 7.36. The SMILES string of the molecule is CC/C=C\C/C=C\C/C=C\C/C=C\C/C=C\C/C=C\C/C=C\C/C=C\C/C=C\C/C=C\CCCCC(=O)OCC(COC(=O)CCCCCCC/C=C\CCCCC)OC(=O)C/C=C\C/C=C\C/C=C\C/C=C\C/C=C\CC. The van der Waals surface area contributed by atoms with Crippen molar-refractivity contribution in [2.75, 3.05) is 13.2 Å². The summed E-state index contributed by atoms with van der Waals surface area (Å²) in [6, 6.07) is 0. The summed E-state index contributed by atoms with van der Waals surface area (Å²) in [4.78, 5) is 38.1. The Morgan fingerprint density at radius 2 is 0.538 bits per heavy atom. The van der Waals surface area contributed by atoms with E-state index >= 15 is 0 Å². The van der Waals surface area contributed by atoms with E-state index in [1.807, 2.05) is 6.08 Å². The van der Waals surface area contributed by atoms with Crippen molar-refractivity contribution in [3.8, 4) is 0 Å². The molecule has 6 nitrogen and oxygen atoms in total. The van der Waals surface area contributed by atoms with Gasteiger partial charge in [-0.3, -0.25) is 14.4 Å². The molecule has 0 spiro atoms. The summed E-state index contributed by atoms with van der Waals surface area (Å²) in [5, 5.41) is 0. The number of hydrogen-bond acceptors (Lipinski definition) is 6. The van der Waals surface area contributed by atoms with Crippen LogP contribution < -0.4 is 0 Å². The molecule has 0 amide bonds. The maximum atomic E-state index is 12.8. The van der Waals surface area contributed by atoms with Crippen molar-refractivity contribution in [1.82, 2.24) is 0 Å². The van der Waals surface area contributed by atoms with Gasteiger partial charge in [-0.15, -0.1) is 0 Å². The average Bonchev–Trinajstić information content (AvgIpc) is 3.44. The zero-order valence-electron chi connectivity index (χ0n) is 49.3. The Labute approximate surface area is 477 Å². The molecule has 0 aliphatic heterocycles. The van der Waals surface area contributed by atoms with Crippen molar-refractivity contribution in [1.29, 1.82) is 0 Å². The molecule has 0 saturated heterocycles. The summed E-state index contributed by atoms with van der Waals surface area (Å²) in [7, 11) is 0. The van der Waals surface area contributed by atoms with E-state index in [-0.39, 0.29) is 38.0 Å². The first-order chi connectivity index (χ1) is 38.5. The van der Waals surface area contributed by atoms with Gasteiger partial charge in [-0.25, -0.2) is 0 Å². The second-order valence-corrected chi connectivity index (χ2v) is 19.2. The molecule has 0 rings (SSSR count). The molecule has 0 N–H and O–H groups in total. The molecule has 0 bridgehead atoms. The third-order valence-electron chi connectivity index (χ3n) is 11.8. The standard InChI is InChI=1S/C72H108O6/c1-4-7-10-13-16-19-22-25-27-28-29-30-31-32-33-34-35-36-37-38-39-40-41-42-43-44-46-47-50-53-56-59-62-65-71(74)77-68-69(67-76-70(73)64-61-58-55-52-49-24-21-18-15-12-9-6-3)78-72(75)66-63-60-57-54-51-48-45-26-23-20-17-14-11-8-5-2/h7-8,10-11,16-21,25-27,29-30,32-33,35-36,38-39,41-42,44-46,50-51,53-54,60,63,69H,4-6,9,12-15,22-24,28,31,34,37,40,43,47-49,52,55-59,61-62,64-68H2,1-3H3/b10-7-,11-8-,19-16-,20-17-,21-18-,27-25-,30-29-,33-32-,36-35-,39-38-,42-41-,45-26-,46-44-,53-50-,54-51-,63-60-. The van der Waals surface area contributed by atoms with Gasteiger partial charge in [0.2, 0.25) is 0 Å². The Balaban J connectivity index is 4.46. The monoisotopic (exact) mass is 1070 g/mol. The molecule has 0 saturated carbocycles. The maximum absolute atomic E-state index is 12.8. The van der Waals surface area contributed by atoms with Gasteiger partial charge in [-0.1, -0.05) is 247 Å². The maximum Gasteiger partial charge on any atom is 0.310 e. The number of rotatable bonds is 52. The lowest BCUT2D eigenvalue weighted by Crippen LogP contribution is -2.30. The van der Waals surface area contributed by atoms with Gasteiger partial charge < -0.3 is 14.2 Å². The minimum absolute atomic E-state index is 0.0754. The van der Waals surface area contributed by atoms with E-state index in [1.165, 1.54) is 32.1 Å². The van der Waals surface area contributed by atoms with Crippen LogP contribution in [0, 0.1) is 0 Å². The number of esters is 3. The molecule has 0 fully saturated rings. The van der Waals surface area contributed by atoms with Gasteiger partial charge in [-0.2, -0.15) is 0 Å². The smallest absolute Gasteiger partial charge is 0.310 e. The first-order valence-electron chi connectivity index (χ1n) is 30.4. The van der Waals surface area contributed by atoms with Crippen LogP contribution >= 0.6 is 0 Å². The van der Waals surface area contributed by atoms with Crippen LogP contribution in [0.4, 0.5) is 0 Å². The Bertz CT molecular complexity index is 1900. The molecule has 1 unspecified atom stereocenters. The molecule has 1 atom stereocenters. The summed E-state index contributed by atoms with van der Waals surface area (Å²) in [5.41, 5.74) is 0. The molecule has 78 heavy (non-hydrogen) atoms. The van der Waals surface area contributed by atoms with Crippen LogP contribution in [0.25, 0.3) is 0 Å². The van der Waals surface area contributed by atoms with Crippen LogP contribution in [0.1, 0.15) is 220 Å². The lowest BCUT2D eigenvalue weighted by atomic mass is 10.1. The molecule has 6 heteroatoms. The first kappa shape index (κ1) is 72.2. The van der Waals surface area contributed by atoms with Crippen LogP contribution in [0.3, 0.4) is 0 Å². The fourth-order valence-electron chi connectivity index (χ4n) is 7.36. The molecule has 0 heterocycles. The summed E-state index contributed by atoms with van der Waals surface area (Å²) >= 11 is 0. The lowest BCUT2D eigenvalue weighted by Gasteiger charge is -2.18. The molecule has 0 aromatic heterocycles. The van der Waals surface area contributed by atoms with Crippen LogP contribution in [0.15, 0.2) is 194 Å². The molecule has 0 aliphatic carbocycles. The van der Waals surface area contributed by atoms with Crippen LogP contribution in [0.2, 0.25) is 0 Å². The number of carbonyl (C=O) groups excluding carboxylic acids is 3. The summed E-state index contributed by atoms with van der Waals surface area (Å²) in [5.74, 6) is -1.14. The minimum atomic E-state index is -0.865. The zero-order valence-corrected chi connectivity index (χ0v) is 49.3. The molecule has 0 radical (unpaired) electrons. The topological polar surface area (TPSA) is 78.9 Å². The van der Waals surface area contributed by atoms with E-state index in [1.54, 1.807) is 6.08 Å². The highest BCUT2D eigenvalue weighted by molar-refractivity contribution is 5.72. The van der Waals surface area contributed by atoms with E-state index in [0.717, 1.165) is 135 Å². The first-order valence-corrected chi connectivity index (χ1v) is 30.4. The van der Waals surface area contributed by atoms with Crippen LogP contribution in [-0.4, -0.2) is 37.2 Å². The van der Waals surface area contributed by atoms with Crippen LogP contribution in [0.5, 0.6) is 0 Å². The average molecular weight is 1070 g/mol. The fraction of sp³-hybridized carbons (Fsp3) is 0.514. The third kappa shape index (κ3) is 61.1. The van der Waals surface area contributed by atoms with Crippen molar-refractivity contribution in [2.24, 2.45) is 0 Å². The van der Waals surface area contributed by atoms with E-state index in [4.69, 9.17) is 14.2 Å². The Morgan fingerprint density at radius 1 is 0.282 bits per heavy atom. The zero-order chi connectivity index (χ0) is 56.4. The third-order valence-corrected chi connectivity index (χ3v) is 11.8. The Kier molecular flexibility index (Phi) is 59.1. The van der Waals surface area contributed by atoms with Gasteiger partial charge >= 0.3 is 17.9 Å². The number of unbranched alkanes of at least 4 members (excludes halogenated alkanes) is 10. The number of hydrogen-bond donors (Lipinski definition) is 0. The molecule has 0 aromatic rings. The molecular weight excluding hydrogens is 961 g/mol. The summed E-state index contributed by atoms with van der Waals surface area (Å²) in [6.07, 6.45) is 97.5. The lowest BCUT2D eigenvalue weighted by molar-refractivity contribution is -0.166. The van der Waals surface area contributed by atoms with Gasteiger partial charge in [0, 0.05) is 12.8 Å². The number of ether oxygens (including phenoxy) is 3. The van der Waals surface area contributed by atoms with E-state index in [0.29, 0.717) is 19.3 Å². The van der Waals surface area contributed by atoms with E-state index in [2.05, 4.69) is 203 Å². The Hall–Kier alpha value is -5.75. The van der Waals surface area contributed by atoms with Gasteiger partial charge in [-0.05, 0) is 148 Å². The van der Waals surface area contributed by atoms with E-state index < -0.39 is 12.1 Å². The normalized spacial score (nSPS) is 13.5. The van der Waals surface area contributed by atoms with Crippen molar-refractivity contribution >= 4 is 17.9 Å². The molecule has 0 aromatic carbocycles. The van der Waals surface area contributed by atoms with Gasteiger partial charge in [0.1, 0.15) is 13.2 Å². The predicted molar refractivity (Wildman–Crippen MR) is 338 cm³/mol. The number of allylic oxidation sites excluding steroid dienone is 31. The van der Waals surface area contributed by atoms with Gasteiger partial charge in [0.05, 0.1) is 6.42 Å². The van der Waals surface area contributed by atoms with Crippen molar-refractivity contribution in [3.05, 3.63) is 194 Å². The highest BCUT2D eigenvalue weighted by Gasteiger charge is 2.19. The second-order valence-electron chi connectivity index (χ2n) is 19.2. The highest BCUT2D eigenvalue weighted by atomic mass is 16.6. The predicted octanol–water partition coefficient (Wildman–Crippen LogP) is 21.0. The molecule has 432 valence electrons. The molecule has 0 aliphatic rings. The highest BCUT2D eigenvalue weighted by Crippen LogP contribution is 2.11. The summed E-state index contributed by atoms with van der Waals surface area (Å²) < 4.78 is 16.7. The van der Waals surface area contributed by atoms with Crippen molar-refractivity contribution in [3.63, 3.8) is 0 Å². The second kappa shape index (κ2) is 63.8. The van der Waals surface area contributed by atoms with Crippen molar-refractivity contribution in [2.45, 2.75) is 226 Å². The number of carbonyl (C=O) groups is 3. The summed E-state index contributed by atoms with van der Waals surface area (Å²) in [6.45, 7) is 6.23. The minimum Gasteiger partial charge on any atom is -0.462 e. The van der Waals surface area contributed by atoms with Crippen LogP contribution in [-0.2, 0) is 28.6 Å². The Morgan fingerprint density at radius 3 is 0.885 bits per heavy atom. The quantitative estimate of drug-likeness (QED) is 0.0261. The van der Waals surface area contributed by atoms with E-state index in [9.17, 15) is 14.4 Å². The molecular formula is C72H108O6.